The first-order chi connectivity index (χ1) is 12.3. The van der Waals surface area contributed by atoms with Crippen LogP contribution in [0.15, 0.2) is 54.7 Å². The number of hydrogen-bond donors (Lipinski definition) is 1. The van der Waals surface area contributed by atoms with Gasteiger partial charge in [-0.05, 0) is 49.6 Å². The number of nitrogens with two attached hydrogens (primary N) is 1. The van der Waals surface area contributed by atoms with E-state index in [0.29, 0.717) is 23.3 Å². The van der Waals surface area contributed by atoms with Crippen molar-refractivity contribution in [3.63, 3.8) is 0 Å². The van der Waals surface area contributed by atoms with Crippen LogP contribution in [0.3, 0.4) is 0 Å². The molecular formula is C21H22N4O. The molecule has 0 bridgehead atoms. The lowest BCUT2D eigenvalue weighted by atomic mass is 9.99. The Morgan fingerprint density at radius 2 is 2.00 bits per heavy atom. The normalized spacial score (nSPS) is 11.5. The number of hydrogen-bond acceptors (Lipinski definition) is 3. The third-order valence-electron chi connectivity index (χ3n) is 4.40. The van der Waals surface area contributed by atoms with Gasteiger partial charge in [0.1, 0.15) is 0 Å². The highest BCUT2D eigenvalue weighted by Gasteiger charge is 2.16. The molecule has 2 aromatic rings. The minimum Gasteiger partial charge on any atom is -0.366 e. The number of carbonyl (C=O) groups is 1. The number of benzene rings is 1. The molecule has 5 nitrogen and oxygen atoms in total. The Hall–Kier alpha value is -3.39. The van der Waals surface area contributed by atoms with E-state index in [0.717, 1.165) is 28.1 Å². The maximum atomic E-state index is 11.6. The fourth-order valence-corrected chi connectivity index (χ4v) is 3.02. The average molecular weight is 346 g/mol. The van der Waals surface area contributed by atoms with E-state index in [-0.39, 0.29) is 0 Å². The summed E-state index contributed by atoms with van der Waals surface area (Å²) in [6, 6.07) is 7.91. The monoisotopic (exact) mass is 346 g/mol. The summed E-state index contributed by atoms with van der Waals surface area (Å²) in [7, 11) is 0. The standard InChI is InChI=1S/C21H22N4O/c1-6-16(19(7-2)21(23)26)12-25-15(5)20(14(4)24-25)17-8-9-18(11-22)13(3)10-17/h6-10H,1-2,12H2,3-5H3,(H2,23,26)/b19-16-. The van der Waals surface area contributed by atoms with Gasteiger partial charge in [0.15, 0.2) is 0 Å². The van der Waals surface area contributed by atoms with Gasteiger partial charge in [0.25, 0.3) is 0 Å². The fourth-order valence-electron chi connectivity index (χ4n) is 3.02. The Labute approximate surface area is 153 Å². The molecule has 2 N–H and O–H groups in total. The van der Waals surface area contributed by atoms with E-state index in [4.69, 9.17) is 11.0 Å². The van der Waals surface area contributed by atoms with Gasteiger partial charge in [0.2, 0.25) is 5.91 Å². The van der Waals surface area contributed by atoms with Crippen molar-refractivity contribution in [3.05, 3.63) is 77.2 Å². The molecule has 0 aliphatic carbocycles. The average Bonchev–Trinajstić information content (AvgIpc) is 2.87. The predicted molar refractivity (Wildman–Crippen MR) is 103 cm³/mol. The number of allylic oxidation sites excluding steroid dienone is 2. The van der Waals surface area contributed by atoms with Crippen LogP contribution in [0.1, 0.15) is 22.5 Å². The minimum atomic E-state index is -0.542. The second-order valence-electron chi connectivity index (χ2n) is 6.06. The fraction of sp³-hybridized carbons (Fsp3) is 0.190. The van der Waals surface area contributed by atoms with Crippen molar-refractivity contribution in [2.45, 2.75) is 27.3 Å². The highest BCUT2D eigenvalue weighted by molar-refractivity contribution is 5.96. The van der Waals surface area contributed by atoms with Crippen LogP contribution < -0.4 is 5.73 Å². The second-order valence-corrected chi connectivity index (χ2v) is 6.06. The van der Waals surface area contributed by atoms with E-state index < -0.39 is 5.91 Å². The summed E-state index contributed by atoms with van der Waals surface area (Å²) in [6.45, 7) is 13.6. The van der Waals surface area contributed by atoms with Crippen molar-refractivity contribution < 1.29 is 4.79 Å². The van der Waals surface area contributed by atoms with Crippen LogP contribution in [0.25, 0.3) is 11.1 Å². The molecular weight excluding hydrogens is 324 g/mol. The SMILES string of the molecule is C=C/C(Cn1nc(C)c(-c2ccc(C#N)c(C)c2)c1C)=C(\C=C)C(N)=O. The Morgan fingerprint density at radius 1 is 1.31 bits per heavy atom. The molecule has 5 heteroatoms. The predicted octanol–water partition coefficient (Wildman–Crippen LogP) is 3.50. The van der Waals surface area contributed by atoms with E-state index in [9.17, 15) is 4.79 Å². The molecule has 1 heterocycles. The number of rotatable bonds is 6. The lowest BCUT2D eigenvalue weighted by Gasteiger charge is -2.10. The molecule has 0 saturated heterocycles. The maximum Gasteiger partial charge on any atom is 0.249 e. The van der Waals surface area contributed by atoms with Crippen LogP contribution in [0.4, 0.5) is 0 Å². The molecule has 1 aromatic heterocycles. The highest BCUT2D eigenvalue weighted by Crippen LogP contribution is 2.29. The first-order valence-corrected chi connectivity index (χ1v) is 8.17. The number of nitriles is 1. The second kappa shape index (κ2) is 7.66. The third kappa shape index (κ3) is 3.50. The number of aryl methyl sites for hydroxylation is 2. The molecule has 0 unspecified atom stereocenters. The zero-order valence-electron chi connectivity index (χ0n) is 15.3. The van der Waals surface area contributed by atoms with Gasteiger partial charge in [-0.3, -0.25) is 9.48 Å². The number of carbonyl (C=O) groups excluding carboxylic acids is 1. The number of aromatic nitrogens is 2. The Kier molecular flexibility index (Phi) is 5.58. The molecule has 2 rings (SSSR count). The Morgan fingerprint density at radius 3 is 2.50 bits per heavy atom. The molecule has 0 radical (unpaired) electrons. The summed E-state index contributed by atoms with van der Waals surface area (Å²) in [4.78, 5) is 11.6. The van der Waals surface area contributed by atoms with Gasteiger partial charge in [-0.1, -0.05) is 31.4 Å². The zero-order chi connectivity index (χ0) is 19.4. The summed E-state index contributed by atoms with van der Waals surface area (Å²) in [6.07, 6.45) is 3.04. The van der Waals surface area contributed by atoms with Crippen LogP contribution in [0.2, 0.25) is 0 Å². The van der Waals surface area contributed by atoms with E-state index >= 15 is 0 Å². The van der Waals surface area contributed by atoms with Crippen LogP contribution in [-0.2, 0) is 11.3 Å². The van der Waals surface area contributed by atoms with Gasteiger partial charge >= 0.3 is 0 Å². The molecule has 0 aliphatic rings. The maximum absolute atomic E-state index is 11.6. The van der Waals surface area contributed by atoms with Gasteiger partial charge in [-0.15, -0.1) is 0 Å². The van der Waals surface area contributed by atoms with Gasteiger partial charge in [-0.25, -0.2) is 0 Å². The molecule has 1 aromatic carbocycles. The summed E-state index contributed by atoms with van der Waals surface area (Å²) in [5.41, 5.74) is 11.8. The van der Waals surface area contributed by atoms with Crippen molar-refractivity contribution in [1.29, 1.82) is 5.26 Å². The van der Waals surface area contributed by atoms with E-state index in [1.807, 2.05) is 43.7 Å². The third-order valence-corrected chi connectivity index (χ3v) is 4.40. The van der Waals surface area contributed by atoms with E-state index in [1.54, 1.807) is 6.08 Å². The van der Waals surface area contributed by atoms with E-state index in [1.165, 1.54) is 6.08 Å². The molecule has 26 heavy (non-hydrogen) atoms. The van der Waals surface area contributed by atoms with Crippen molar-refractivity contribution in [3.8, 4) is 17.2 Å². The van der Waals surface area contributed by atoms with Crippen molar-refractivity contribution in [1.82, 2.24) is 9.78 Å². The molecule has 132 valence electrons. The smallest absolute Gasteiger partial charge is 0.249 e. The largest absolute Gasteiger partial charge is 0.366 e. The van der Waals surface area contributed by atoms with Crippen molar-refractivity contribution in [2.24, 2.45) is 5.73 Å². The first kappa shape index (κ1) is 18.9. The Balaban J connectivity index is 2.53. The topological polar surface area (TPSA) is 84.7 Å². The van der Waals surface area contributed by atoms with Crippen molar-refractivity contribution in [2.75, 3.05) is 0 Å². The van der Waals surface area contributed by atoms with Crippen LogP contribution in [-0.4, -0.2) is 15.7 Å². The molecule has 0 spiro atoms. The van der Waals surface area contributed by atoms with Gasteiger partial charge in [0, 0.05) is 16.8 Å². The summed E-state index contributed by atoms with van der Waals surface area (Å²) < 4.78 is 1.82. The summed E-state index contributed by atoms with van der Waals surface area (Å²) >= 11 is 0. The van der Waals surface area contributed by atoms with Crippen LogP contribution in [0.5, 0.6) is 0 Å². The number of primary amides is 1. The molecule has 0 saturated carbocycles. The van der Waals surface area contributed by atoms with Crippen molar-refractivity contribution >= 4 is 5.91 Å². The zero-order valence-corrected chi connectivity index (χ0v) is 15.3. The molecule has 0 atom stereocenters. The quantitative estimate of drug-likeness (QED) is 0.642. The lowest BCUT2D eigenvalue weighted by molar-refractivity contribution is -0.114. The van der Waals surface area contributed by atoms with Crippen LogP contribution >= 0.6 is 0 Å². The minimum absolute atomic E-state index is 0.336. The highest BCUT2D eigenvalue weighted by atomic mass is 16.1. The first-order valence-electron chi connectivity index (χ1n) is 8.17. The Bertz CT molecular complexity index is 971. The summed E-state index contributed by atoms with van der Waals surface area (Å²) in [5, 5.41) is 13.7. The lowest BCUT2D eigenvalue weighted by Crippen LogP contribution is -2.16. The molecule has 0 fully saturated rings. The van der Waals surface area contributed by atoms with E-state index in [2.05, 4.69) is 24.3 Å². The number of amides is 1. The number of nitrogens with zero attached hydrogens (tertiary/aromatic N) is 3. The molecule has 1 amide bonds. The molecule has 0 aliphatic heterocycles. The van der Waals surface area contributed by atoms with Crippen LogP contribution in [0, 0.1) is 32.1 Å². The van der Waals surface area contributed by atoms with Gasteiger partial charge < -0.3 is 5.73 Å². The summed E-state index contributed by atoms with van der Waals surface area (Å²) in [5.74, 6) is -0.542. The van der Waals surface area contributed by atoms with Gasteiger partial charge in [0.05, 0.1) is 23.9 Å². The van der Waals surface area contributed by atoms with Gasteiger partial charge in [-0.2, -0.15) is 10.4 Å².